The zero-order chi connectivity index (χ0) is 40.4. The highest BCUT2D eigenvalue weighted by molar-refractivity contribution is 5.32. The molecular formula is C41H70O14. The summed E-state index contributed by atoms with van der Waals surface area (Å²) in [5.74, 6) is 0.209. The van der Waals surface area contributed by atoms with E-state index in [-0.39, 0.29) is 58.0 Å². The summed E-state index contributed by atoms with van der Waals surface area (Å²) in [5, 5.41) is 107. The SMILES string of the molecule is C[C@H](CC[C@@H](O)C(C)(C)O[C@@H]1O[C@H](CO)[C@@H](O)[C@H](O)[C@H]1O)[C@H]1[C@@H](O)C[C@@]2(C)[C@@H]3C[C@H](O)[C@H]4C(C)(C)[C@@H](O[C@@H]5OC[C@@H](O)[C@H](O)[C@H]5O)CC[C@@]45C[C@@]35CC[C@]12C. The number of rotatable bonds is 10. The van der Waals surface area contributed by atoms with Crippen LogP contribution >= 0.6 is 0 Å². The van der Waals surface area contributed by atoms with E-state index in [1.165, 1.54) is 0 Å². The van der Waals surface area contributed by atoms with E-state index < -0.39 is 91.2 Å². The van der Waals surface area contributed by atoms with E-state index in [2.05, 4.69) is 34.6 Å². The molecule has 0 bridgehead atoms. The maximum absolute atomic E-state index is 12.2. The summed E-state index contributed by atoms with van der Waals surface area (Å²) in [6, 6.07) is 0. The Morgan fingerprint density at radius 2 is 1.44 bits per heavy atom. The van der Waals surface area contributed by atoms with Crippen molar-refractivity contribution in [2.75, 3.05) is 13.2 Å². The normalized spacial score (nSPS) is 54.4. The van der Waals surface area contributed by atoms with Crippen molar-refractivity contribution in [2.45, 2.75) is 192 Å². The average Bonchev–Trinajstić information content (AvgIpc) is 3.71. The zero-order valence-electron chi connectivity index (χ0n) is 33.7. The summed E-state index contributed by atoms with van der Waals surface area (Å²) in [6.07, 6.45) is -7.72. The lowest BCUT2D eigenvalue weighted by molar-refractivity contribution is -0.331. The van der Waals surface area contributed by atoms with E-state index >= 15 is 0 Å². The summed E-state index contributed by atoms with van der Waals surface area (Å²) < 4.78 is 23.6. The van der Waals surface area contributed by atoms with Crippen molar-refractivity contribution < 1.29 is 70.0 Å². The van der Waals surface area contributed by atoms with Gasteiger partial charge < -0.3 is 70.0 Å². The van der Waals surface area contributed by atoms with Gasteiger partial charge in [0.05, 0.1) is 43.2 Å². The van der Waals surface area contributed by atoms with Gasteiger partial charge in [0, 0.05) is 0 Å². The number of fused-ring (bicyclic) bond motifs is 2. The third-order valence-corrected chi connectivity index (χ3v) is 17.4. The predicted molar refractivity (Wildman–Crippen MR) is 196 cm³/mol. The molecule has 21 atom stereocenters. The molecule has 0 aromatic carbocycles. The van der Waals surface area contributed by atoms with Gasteiger partial charge in [-0.1, -0.05) is 34.6 Å². The van der Waals surface area contributed by atoms with Gasteiger partial charge in [-0.3, -0.25) is 0 Å². The van der Waals surface area contributed by atoms with E-state index in [1.54, 1.807) is 13.8 Å². The molecule has 2 spiro atoms. The molecule has 0 amide bonds. The van der Waals surface area contributed by atoms with Crippen LogP contribution in [0.1, 0.15) is 106 Å². The van der Waals surface area contributed by atoms with Crippen LogP contribution in [0.15, 0.2) is 0 Å². The minimum atomic E-state index is -1.58. The van der Waals surface area contributed by atoms with Crippen molar-refractivity contribution in [1.29, 1.82) is 0 Å². The molecule has 318 valence electrons. The van der Waals surface area contributed by atoms with Crippen LogP contribution in [0.2, 0.25) is 0 Å². The molecule has 14 heteroatoms. The number of ether oxygens (including phenoxy) is 4. The lowest BCUT2D eigenvalue weighted by atomic mass is 9.41. The Hall–Kier alpha value is -0.560. The molecule has 0 aromatic rings. The highest BCUT2D eigenvalue weighted by atomic mass is 16.7. The highest BCUT2D eigenvalue weighted by Gasteiger charge is 2.84. The molecule has 5 aliphatic carbocycles. The van der Waals surface area contributed by atoms with Crippen molar-refractivity contribution >= 4 is 0 Å². The summed E-state index contributed by atoms with van der Waals surface area (Å²) in [6.45, 7) is 13.8. The molecule has 14 nitrogen and oxygen atoms in total. The van der Waals surface area contributed by atoms with Crippen LogP contribution in [0.3, 0.4) is 0 Å². The molecule has 10 N–H and O–H groups in total. The average molecular weight is 787 g/mol. The Morgan fingerprint density at radius 1 is 0.764 bits per heavy atom. The number of aliphatic hydroxyl groups excluding tert-OH is 10. The van der Waals surface area contributed by atoms with E-state index in [4.69, 9.17) is 18.9 Å². The standard InChI is InChI=1S/C41H70O14/c1-19(8-9-25(46)37(4,5)55-35-32(51)30(49)29(48)23(16-42)53-35)27-21(44)15-39(7)24-14-20(43)33-36(2,3)26(54-34-31(50)28(47)22(45)17-52-34)10-11-41(33)18-40(24,41)13-12-38(27,39)6/h19-35,42-51H,8-18H2,1-7H3/t19-,20+,21+,22-,23-,24+,25-,26+,27+,28+,29-,30+,31-,32-,33+,34+,35+,38-,39+,40+,41-/m1/s1. The Bertz CT molecular complexity index is 1400. The van der Waals surface area contributed by atoms with Crippen LogP contribution in [-0.2, 0) is 18.9 Å². The van der Waals surface area contributed by atoms with Crippen molar-refractivity contribution in [1.82, 2.24) is 0 Å². The molecule has 0 aromatic heterocycles. The molecular weight excluding hydrogens is 716 g/mol. The number of hydrogen-bond acceptors (Lipinski definition) is 14. The summed E-state index contributed by atoms with van der Waals surface area (Å²) in [7, 11) is 0. The fourth-order valence-corrected chi connectivity index (χ4v) is 14.3. The van der Waals surface area contributed by atoms with E-state index in [9.17, 15) is 51.1 Å². The minimum absolute atomic E-state index is 0.0301. The Labute approximate surface area is 325 Å². The summed E-state index contributed by atoms with van der Waals surface area (Å²) in [5.41, 5.74) is -2.11. The van der Waals surface area contributed by atoms with Crippen LogP contribution in [0.25, 0.3) is 0 Å². The van der Waals surface area contributed by atoms with Gasteiger partial charge in [-0.15, -0.1) is 0 Å². The van der Waals surface area contributed by atoms with Crippen molar-refractivity contribution in [3.63, 3.8) is 0 Å². The minimum Gasteiger partial charge on any atom is -0.394 e. The van der Waals surface area contributed by atoms with Crippen LogP contribution in [0.5, 0.6) is 0 Å². The smallest absolute Gasteiger partial charge is 0.187 e. The van der Waals surface area contributed by atoms with Gasteiger partial charge in [-0.25, -0.2) is 0 Å². The second kappa shape index (κ2) is 14.3. The maximum atomic E-state index is 12.2. The maximum Gasteiger partial charge on any atom is 0.187 e. The Morgan fingerprint density at radius 3 is 2.11 bits per heavy atom. The fourth-order valence-electron chi connectivity index (χ4n) is 14.3. The first-order chi connectivity index (χ1) is 25.5. The van der Waals surface area contributed by atoms with Crippen molar-refractivity contribution in [3.8, 4) is 0 Å². The van der Waals surface area contributed by atoms with Crippen molar-refractivity contribution in [2.24, 2.45) is 50.7 Å². The fraction of sp³-hybridized carbons (Fsp3) is 1.00. The molecule has 2 heterocycles. The molecule has 7 aliphatic rings. The molecule has 7 rings (SSSR count). The lowest BCUT2D eigenvalue weighted by Crippen LogP contribution is -2.62. The highest BCUT2D eigenvalue weighted by Crippen LogP contribution is 2.89. The molecule has 55 heavy (non-hydrogen) atoms. The first kappa shape index (κ1) is 42.6. The summed E-state index contributed by atoms with van der Waals surface area (Å²) in [4.78, 5) is 0. The zero-order valence-corrected chi connectivity index (χ0v) is 33.7. The van der Waals surface area contributed by atoms with E-state index in [0.29, 0.717) is 25.7 Å². The van der Waals surface area contributed by atoms with Gasteiger partial charge in [0.1, 0.15) is 42.7 Å². The van der Waals surface area contributed by atoms with Crippen LogP contribution in [0.4, 0.5) is 0 Å². The Kier molecular flexibility index (Phi) is 11.1. The van der Waals surface area contributed by atoms with Gasteiger partial charge in [0.15, 0.2) is 12.6 Å². The van der Waals surface area contributed by atoms with Gasteiger partial charge in [-0.05, 0) is 122 Å². The van der Waals surface area contributed by atoms with Crippen LogP contribution in [-0.4, -0.2) is 150 Å². The number of aliphatic hydroxyl groups is 10. The van der Waals surface area contributed by atoms with Gasteiger partial charge >= 0.3 is 0 Å². The second-order valence-corrected chi connectivity index (χ2v) is 20.7. The van der Waals surface area contributed by atoms with Gasteiger partial charge in [-0.2, -0.15) is 0 Å². The quantitative estimate of drug-likeness (QED) is 0.136. The topological polar surface area (TPSA) is 239 Å². The first-order valence-electron chi connectivity index (χ1n) is 20.9. The van der Waals surface area contributed by atoms with E-state index in [1.807, 2.05) is 0 Å². The molecule has 0 radical (unpaired) electrons. The largest absolute Gasteiger partial charge is 0.394 e. The molecule has 0 unspecified atom stereocenters. The first-order valence-corrected chi connectivity index (χ1v) is 20.9. The Balaban J connectivity index is 1.03. The van der Waals surface area contributed by atoms with Crippen molar-refractivity contribution in [3.05, 3.63) is 0 Å². The van der Waals surface area contributed by atoms with Gasteiger partial charge in [0.25, 0.3) is 0 Å². The molecule has 2 aliphatic heterocycles. The summed E-state index contributed by atoms with van der Waals surface area (Å²) >= 11 is 0. The van der Waals surface area contributed by atoms with Gasteiger partial charge in [0.2, 0.25) is 0 Å². The third-order valence-electron chi connectivity index (χ3n) is 17.4. The second-order valence-electron chi connectivity index (χ2n) is 20.7. The molecule has 2 saturated heterocycles. The monoisotopic (exact) mass is 786 g/mol. The number of hydrogen-bond donors (Lipinski definition) is 10. The van der Waals surface area contributed by atoms with Crippen LogP contribution in [0, 0.1) is 50.7 Å². The molecule has 7 fully saturated rings. The van der Waals surface area contributed by atoms with E-state index in [0.717, 1.165) is 32.1 Å². The molecule has 5 saturated carbocycles. The van der Waals surface area contributed by atoms with Crippen LogP contribution < -0.4 is 0 Å². The predicted octanol–water partition coefficient (Wildman–Crippen LogP) is 0.564. The third kappa shape index (κ3) is 6.25. The lowest BCUT2D eigenvalue weighted by Gasteiger charge is -2.64.